The number of nitro groups is 1. The SMILES string of the molecule is CCN(C)C(=O)CNc1c(Cl)cc([N+](=O)[O-])cc1C(=O)O. The Hall–Kier alpha value is -2.35. The number of rotatable bonds is 6. The number of halogens is 1. The standard InChI is InChI=1S/C12H14ClN3O5/c1-3-15(2)10(17)6-14-11-8(12(18)19)4-7(16(20)21)5-9(11)13/h4-5,14H,3,6H2,1-2H3,(H,18,19). The summed E-state index contributed by atoms with van der Waals surface area (Å²) >= 11 is 5.86. The molecule has 1 aromatic rings. The fourth-order valence-electron chi connectivity index (χ4n) is 1.52. The molecule has 0 bridgehead atoms. The van der Waals surface area contributed by atoms with Crippen molar-refractivity contribution in [2.75, 3.05) is 25.5 Å². The van der Waals surface area contributed by atoms with E-state index in [0.717, 1.165) is 12.1 Å². The highest BCUT2D eigenvalue weighted by Crippen LogP contribution is 2.31. The minimum absolute atomic E-state index is 0.0207. The lowest BCUT2D eigenvalue weighted by Crippen LogP contribution is -2.32. The van der Waals surface area contributed by atoms with Crippen molar-refractivity contribution in [2.45, 2.75) is 6.92 Å². The van der Waals surface area contributed by atoms with Gasteiger partial charge in [-0.1, -0.05) is 11.6 Å². The molecule has 21 heavy (non-hydrogen) atoms. The highest BCUT2D eigenvalue weighted by Gasteiger charge is 2.20. The number of hydrogen-bond acceptors (Lipinski definition) is 5. The first-order chi connectivity index (χ1) is 9.77. The van der Waals surface area contributed by atoms with Crippen LogP contribution in [0.1, 0.15) is 17.3 Å². The van der Waals surface area contributed by atoms with E-state index >= 15 is 0 Å². The lowest BCUT2D eigenvalue weighted by Gasteiger charge is -2.16. The van der Waals surface area contributed by atoms with E-state index in [9.17, 15) is 19.7 Å². The van der Waals surface area contributed by atoms with Crippen molar-refractivity contribution in [2.24, 2.45) is 0 Å². The molecule has 2 N–H and O–H groups in total. The van der Waals surface area contributed by atoms with E-state index in [-0.39, 0.29) is 28.7 Å². The number of benzene rings is 1. The van der Waals surface area contributed by atoms with Crippen LogP contribution >= 0.6 is 11.6 Å². The lowest BCUT2D eigenvalue weighted by molar-refractivity contribution is -0.384. The number of aromatic carboxylic acids is 1. The summed E-state index contributed by atoms with van der Waals surface area (Å²) in [7, 11) is 1.60. The minimum Gasteiger partial charge on any atom is -0.478 e. The van der Waals surface area contributed by atoms with Crippen LogP contribution in [0, 0.1) is 10.1 Å². The predicted molar refractivity (Wildman–Crippen MR) is 76.9 cm³/mol. The third-order valence-electron chi connectivity index (χ3n) is 2.83. The summed E-state index contributed by atoms with van der Waals surface area (Å²) in [4.78, 5) is 34.3. The molecular weight excluding hydrogens is 302 g/mol. The maximum atomic E-state index is 11.7. The largest absolute Gasteiger partial charge is 0.478 e. The molecule has 0 fully saturated rings. The average Bonchev–Trinajstić information content (AvgIpc) is 2.43. The van der Waals surface area contributed by atoms with Crippen LogP contribution in [0.25, 0.3) is 0 Å². The zero-order chi connectivity index (χ0) is 16.2. The second-order valence-corrected chi connectivity index (χ2v) is 4.58. The van der Waals surface area contributed by atoms with E-state index in [4.69, 9.17) is 16.7 Å². The fraction of sp³-hybridized carbons (Fsp3) is 0.333. The molecule has 114 valence electrons. The van der Waals surface area contributed by atoms with Crippen molar-refractivity contribution in [3.8, 4) is 0 Å². The fourth-order valence-corrected chi connectivity index (χ4v) is 1.80. The van der Waals surface area contributed by atoms with E-state index in [0.29, 0.717) is 6.54 Å². The number of amides is 1. The smallest absolute Gasteiger partial charge is 0.338 e. The molecule has 0 heterocycles. The summed E-state index contributed by atoms with van der Waals surface area (Å²) < 4.78 is 0. The maximum absolute atomic E-state index is 11.7. The van der Waals surface area contributed by atoms with Crippen molar-refractivity contribution in [3.05, 3.63) is 32.8 Å². The molecule has 0 radical (unpaired) electrons. The molecule has 0 unspecified atom stereocenters. The van der Waals surface area contributed by atoms with Gasteiger partial charge in [0.1, 0.15) is 0 Å². The Balaban J connectivity index is 3.09. The van der Waals surface area contributed by atoms with E-state index in [1.807, 2.05) is 0 Å². The number of carboxylic acid groups (broad SMARTS) is 1. The normalized spacial score (nSPS) is 10.0. The van der Waals surface area contributed by atoms with Crippen LogP contribution in [0.5, 0.6) is 0 Å². The van der Waals surface area contributed by atoms with E-state index < -0.39 is 16.6 Å². The Morgan fingerprint density at radius 2 is 2.10 bits per heavy atom. The summed E-state index contributed by atoms with van der Waals surface area (Å²) in [6.45, 7) is 2.13. The van der Waals surface area contributed by atoms with Gasteiger partial charge in [0, 0.05) is 25.7 Å². The Morgan fingerprint density at radius 1 is 1.48 bits per heavy atom. The number of carboxylic acids is 1. The van der Waals surface area contributed by atoms with Gasteiger partial charge in [-0.3, -0.25) is 14.9 Å². The predicted octanol–water partition coefficient (Wildman–Crippen LogP) is 1.84. The Kier molecular flexibility index (Phi) is 5.48. The van der Waals surface area contributed by atoms with E-state index in [1.54, 1.807) is 14.0 Å². The summed E-state index contributed by atoms with van der Waals surface area (Å²) in [5, 5.41) is 22.3. The van der Waals surface area contributed by atoms with Crippen molar-refractivity contribution < 1.29 is 19.6 Å². The molecule has 1 rings (SSSR count). The monoisotopic (exact) mass is 315 g/mol. The number of nitro benzene ring substituents is 1. The number of nitrogens with zero attached hydrogens (tertiary/aromatic N) is 2. The van der Waals surface area contributed by atoms with Crippen LogP contribution in [0.4, 0.5) is 11.4 Å². The molecule has 0 atom stereocenters. The molecule has 0 saturated heterocycles. The van der Waals surface area contributed by atoms with E-state index in [1.165, 1.54) is 4.90 Å². The summed E-state index contributed by atoms with van der Waals surface area (Å²) in [5.74, 6) is -1.64. The summed E-state index contributed by atoms with van der Waals surface area (Å²) in [6, 6.07) is 1.93. The van der Waals surface area contributed by atoms with Gasteiger partial charge in [0.05, 0.1) is 27.7 Å². The van der Waals surface area contributed by atoms with Gasteiger partial charge in [0.25, 0.3) is 5.69 Å². The van der Waals surface area contributed by atoms with Gasteiger partial charge in [-0.2, -0.15) is 0 Å². The molecule has 0 spiro atoms. The van der Waals surface area contributed by atoms with Gasteiger partial charge < -0.3 is 15.3 Å². The number of anilines is 1. The first-order valence-electron chi connectivity index (χ1n) is 5.97. The number of likely N-dealkylation sites (N-methyl/N-ethyl adjacent to an activating group) is 1. The van der Waals surface area contributed by atoms with Gasteiger partial charge in [0.15, 0.2) is 0 Å². The van der Waals surface area contributed by atoms with Crippen LogP contribution in [-0.4, -0.2) is 46.9 Å². The van der Waals surface area contributed by atoms with Crippen LogP contribution in [-0.2, 0) is 4.79 Å². The van der Waals surface area contributed by atoms with Gasteiger partial charge in [-0.05, 0) is 6.92 Å². The van der Waals surface area contributed by atoms with Crippen LogP contribution < -0.4 is 5.32 Å². The Bertz CT molecular complexity index is 591. The number of hydrogen-bond donors (Lipinski definition) is 2. The molecule has 9 heteroatoms. The maximum Gasteiger partial charge on any atom is 0.338 e. The van der Waals surface area contributed by atoms with Crippen molar-refractivity contribution >= 4 is 34.9 Å². The zero-order valence-electron chi connectivity index (χ0n) is 11.4. The van der Waals surface area contributed by atoms with Gasteiger partial charge >= 0.3 is 5.97 Å². The number of carbonyl (C=O) groups excluding carboxylic acids is 1. The topological polar surface area (TPSA) is 113 Å². The van der Waals surface area contributed by atoms with Gasteiger partial charge in [-0.15, -0.1) is 0 Å². The molecular formula is C12H14ClN3O5. The minimum atomic E-state index is -1.38. The summed E-state index contributed by atoms with van der Waals surface area (Å²) in [6.07, 6.45) is 0. The Labute approximate surface area is 125 Å². The van der Waals surface area contributed by atoms with Crippen molar-refractivity contribution in [1.29, 1.82) is 0 Å². The second-order valence-electron chi connectivity index (χ2n) is 4.17. The van der Waals surface area contributed by atoms with Gasteiger partial charge in [0.2, 0.25) is 5.91 Å². The first kappa shape index (κ1) is 16.7. The third-order valence-corrected chi connectivity index (χ3v) is 3.13. The average molecular weight is 316 g/mol. The lowest BCUT2D eigenvalue weighted by atomic mass is 10.1. The number of nitrogens with one attached hydrogen (secondary N) is 1. The first-order valence-corrected chi connectivity index (χ1v) is 6.34. The molecule has 0 aliphatic carbocycles. The molecule has 1 amide bonds. The van der Waals surface area contributed by atoms with Crippen LogP contribution in [0.15, 0.2) is 12.1 Å². The van der Waals surface area contributed by atoms with Crippen molar-refractivity contribution in [3.63, 3.8) is 0 Å². The molecule has 1 aromatic carbocycles. The van der Waals surface area contributed by atoms with Crippen molar-refractivity contribution in [1.82, 2.24) is 4.90 Å². The highest BCUT2D eigenvalue weighted by atomic mass is 35.5. The zero-order valence-corrected chi connectivity index (χ0v) is 12.2. The molecule has 8 nitrogen and oxygen atoms in total. The molecule has 0 aliphatic rings. The quantitative estimate of drug-likeness (QED) is 0.611. The number of carbonyl (C=O) groups is 2. The van der Waals surface area contributed by atoms with E-state index in [2.05, 4.69) is 5.32 Å². The molecule has 0 aliphatic heterocycles. The Morgan fingerprint density at radius 3 is 2.57 bits per heavy atom. The number of non-ortho nitro benzene ring substituents is 1. The molecule has 0 aromatic heterocycles. The summed E-state index contributed by atoms with van der Waals surface area (Å²) in [5.41, 5.74) is -0.811. The third kappa shape index (κ3) is 4.06. The van der Waals surface area contributed by atoms with Gasteiger partial charge in [-0.25, -0.2) is 4.79 Å². The van der Waals surface area contributed by atoms with Crippen LogP contribution in [0.2, 0.25) is 5.02 Å². The highest BCUT2D eigenvalue weighted by molar-refractivity contribution is 6.34. The molecule has 0 saturated carbocycles. The van der Waals surface area contributed by atoms with Crippen LogP contribution in [0.3, 0.4) is 0 Å². The second kappa shape index (κ2) is 6.89.